The molecule has 1 heterocycles. The van der Waals surface area contributed by atoms with Crippen LogP contribution >= 0.6 is 11.8 Å². The van der Waals surface area contributed by atoms with Gasteiger partial charge in [-0.3, -0.25) is 0 Å². The van der Waals surface area contributed by atoms with Gasteiger partial charge in [0, 0.05) is 6.42 Å². The molecule has 0 radical (unpaired) electrons. The lowest BCUT2D eigenvalue weighted by atomic mass is 10.2. The Hall–Kier alpha value is -2.48. The molecular formula is C15H16N2O5S. The van der Waals surface area contributed by atoms with E-state index in [1.165, 1.54) is 12.1 Å². The van der Waals surface area contributed by atoms with Crippen molar-refractivity contribution in [3.8, 4) is 11.5 Å². The zero-order valence-electron chi connectivity index (χ0n) is 12.6. The highest BCUT2D eigenvalue weighted by Gasteiger charge is 2.15. The fourth-order valence-corrected chi connectivity index (χ4v) is 2.38. The molecule has 122 valence electrons. The van der Waals surface area contributed by atoms with E-state index in [0.29, 0.717) is 30.2 Å². The summed E-state index contributed by atoms with van der Waals surface area (Å²) in [5.41, 5.74) is 0.575. The lowest BCUT2D eigenvalue weighted by molar-refractivity contribution is -0.131. The molecule has 1 aromatic carbocycles. The number of aryl methyl sites for hydroxylation is 1. The summed E-state index contributed by atoms with van der Waals surface area (Å²) in [5.74, 6) is -0.377. The molecule has 0 aliphatic rings. The molecule has 2 aromatic rings. The summed E-state index contributed by atoms with van der Waals surface area (Å²) < 4.78 is 10.6. The molecule has 8 heteroatoms. The summed E-state index contributed by atoms with van der Waals surface area (Å²) >= 11 is 0.869. The van der Waals surface area contributed by atoms with Crippen molar-refractivity contribution in [3.05, 3.63) is 34.6 Å². The second-order valence-corrected chi connectivity index (χ2v) is 5.38. The first-order chi connectivity index (χ1) is 11.0. The van der Waals surface area contributed by atoms with Gasteiger partial charge in [0.2, 0.25) is 5.89 Å². The third kappa shape index (κ3) is 4.49. The standard InChI is InChI=1S/C15H16N2O5S/c1-3-13-16-17-15(22-13)23-12(14(19)20)8-9-5-6-10(18)11(7-9)21-4-2/h5-8,18H,3-4H2,1-2H3,(H,19,20)/b12-8-. The maximum absolute atomic E-state index is 11.4. The predicted molar refractivity (Wildman–Crippen MR) is 84.4 cm³/mol. The van der Waals surface area contributed by atoms with E-state index in [-0.39, 0.29) is 15.9 Å². The number of ether oxygens (including phenoxy) is 1. The van der Waals surface area contributed by atoms with E-state index in [1.807, 2.05) is 6.92 Å². The van der Waals surface area contributed by atoms with Crippen molar-refractivity contribution in [2.24, 2.45) is 0 Å². The Morgan fingerprint density at radius 2 is 2.17 bits per heavy atom. The number of rotatable bonds is 7. The molecule has 0 spiro atoms. The number of hydrogen-bond donors (Lipinski definition) is 2. The predicted octanol–water partition coefficient (Wildman–Crippen LogP) is 2.95. The van der Waals surface area contributed by atoms with Crippen LogP contribution in [0.3, 0.4) is 0 Å². The Bertz CT molecular complexity index is 726. The number of phenols is 1. The third-order valence-corrected chi connectivity index (χ3v) is 3.59. The summed E-state index contributed by atoms with van der Waals surface area (Å²) in [5, 5.41) is 26.8. The molecule has 2 rings (SSSR count). The molecule has 1 aromatic heterocycles. The average molecular weight is 336 g/mol. The van der Waals surface area contributed by atoms with Gasteiger partial charge in [-0.2, -0.15) is 0 Å². The van der Waals surface area contributed by atoms with Crippen LogP contribution in [-0.2, 0) is 11.2 Å². The lowest BCUT2D eigenvalue weighted by Crippen LogP contribution is -1.97. The van der Waals surface area contributed by atoms with E-state index in [0.717, 1.165) is 11.8 Å². The molecule has 2 N–H and O–H groups in total. The molecule has 7 nitrogen and oxygen atoms in total. The Morgan fingerprint density at radius 1 is 1.39 bits per heavy atom. The van der Waals surface area contributed by atoms with Crippen molar-refractivity contribution >= 4 is 23.8 Å². The first-order valence-electron chi connectivity index (χ1n) is 6.94. The molecule has 0 aliphatic heterocycles. The van der Waals surface area contributed by atoms with Gasteiger partial charge in [-0.15, -0.1) is 10.2 Å². The quantitative estimate of drug-likeness (QED) is 0.587. The van der Waals surface area contributed by atoms with Crippen LogP contribution in [0.15, 0.2) is 32.7 Å². The number of carboxylic acids is 1. The third-order valence-electron chi connectivity index (χ3n) is 2.74. The summed E-state index contributed by atoms with van der Waals surface area (Å²) in [7, 11) is 0. The fourth-order valence-electron chi connectivity index (χ4n) is 1.69. The lowest BCUT2D eigenvalue weighted by Gasteiger charge is -2.06. The number of benzene rings is 1. The van der Waals surface area contributed by atoms with Gasteiger partial charge < -0.3 is 19.4 Å². The number of phenolic OH excluding ortho intramolecular Hbond substituents is 1. The smallest absolute Gasteiger partial charge is 0.342 e. The van der Waals surface area contributed by atoms with Gasteiger partial charge in [-0.25, -0.2) is 4.79 Å². The molecule has 0 unspecified atom stereocenters. The van der Waals surface area contributed by atoms with Crippen molar-refractivity contribution in [2.75, 3.05) is 6.61 Å². The minimum absolute atomic E-state index is 0.00184. The maximum atomic E-state index is 11.4. The van der Waals surface area contributed by atoms with Crippen LogP contribution in [0.25, 0.3) is 6.08 Å². The van der Waals surface area contributed by atoms with E-state index in [1.54, 1.807) is 19.1 Å². The molecule has 0 amide bonds. The zero-order valence-corrected chi connectivity index (χ0v) is 13.5. The second kappa shape index (κ2) is 7.68. The summed E-state index contributed by atoms with van der Waals surface area (Å²) in [6, 6.07) is 4.60. The number of aromatic nitrogens is 2. The van der Waals surface area contributed by atoms with Crippen LogP contribution in [0.2, 0.25) is 0 Å². The molecule has 0 aliphatic carbocycles. The Morgan fingerprint density at radius 3 is 2.78 bits per heavy atom. The number of carboxylic acid groups (broad SMARTS) is 1. The van der Waals surface area contributed by atoms with Crippen LogP contribution in [0.5, 0.6) is 11.5 Å². The molecule has 23 heavy (non-hydrogen) atoms. The second-order valence-electron chi connectivity index (χ2n) is 4.39. The Balaban J connectivity index is 2.27. The van der Waals surface area contributed by atoms with E-state index in [2.05, 4.69) is 10.2 Å². The average Bonchev–Trinajstić information content (AvgIpc) is 2.97. The SMILES string of the molecule is CCOc1cc(/C=C(\Sc2nnc(CC)o2)C(=O)O)ccc1O. The first kappa shape index (κ1) is 16.9. The van der Waals surface area contributed by atoms with E-state index in [4.69, 9.17) is 9.15 Å². The number of thioether (sulfide) groups is 1. The minimum Gasteiger partial charge on any atom is -0.504 e. The van der Waals surface area contributed by atoms with E-state index in [9.17, 15) is 15.0 Å². The van der Waals surface area contributed by atoms with Gasteiger partial charge in [0.1, 0.15) is 4.91 Å². The Labute approximate surface area is 137 Å². The van der Waals surface area contributed by atoms with Crippen LogP contribution in [-0.4, -0.2) is 33.0 Å². The monoisotopic (exact) mass is 336 g/mol. The zero-order chi connectivity index (χ0) is 16.8. The van der Waals surface area contributed by atoms with Crippen LogP contribution in [0.1, 0.15) is 25.3 Å². The molecular weight excluding hydrogens is 320 g/mol. The van der Waals surface area contributed by atoms with Gasteiger partial charge in [-0.05, 0) is 42.5 Å². The highest BCUT2D eigenvalue weighted by atomic mass is 32.2. The van der Waals surface area contributed by atoms with Crippen LogP contribution in [0.4, 0.5) is 0 Å². The number of hydrogen-bond acceptors (Lipinski definition) is 7. The number of aliphatic carboxylic acids is 1. The largest absolute Gasteiger partial charge is 0.504 e. The van der Waals surface area contributed by atoms with Gasteiger partial charge in [0.15, 0.2) is 11.5 Å². The summed E-state index contributed by atoms with van der Waals surface area (Å²) in [4.78, 5) is 11.4. The van der Waals surface area contributed by atoms with Crippen molar-refractivity contribution in [1.82, 2.24) is 10.2 Å². The molecule has 0 fully saturated rings. The highest BCUT2D eigenvalue weighted by Crippen LogP contribution is 2.31. The normalized spacial score (nSPS) is 11.5. The van der Waals surface area contributed by atoms with E-state index >= 15 is 0 Å². The van der Waals surface area contributed by atoms with Gasteiger partial charge in [0.25, 0.3) is 5.22 Å². The highest BCUT2D eigenvalue weighted by molar-refractivity contribution is 8.03. The summed E-state index contributed by atoms with van der Waals surface area (Å²) in [6.07, 6.45) is 2.03. The maximum Gasteiger partial charge on any atom is 0.342 e. The van der Waals surface area contributed by atoms with Crippen molar-refractivity contribution < 1.29 is 24.2 Å². The molecule has 0 saturated heterocycles. The fraction of sp³-hybridized carbons (Fsp3) is 0.267. The van der Waals surface area contributed by atoms with Crippen LogP contribution in [0, 0.1) is 0 Å². The molecule has 0 saturated carbocycles. The van der Waals surface area contributed by atoms with E-state index < -0.39 is 5.97 Å². The number of aromatic hydroxyl groups is 1. The molecule has 0 atom stereocenters. The van der Waals surface area contributed by atoms with Crippen molar-refractivity contribution in [2.45, 2.75) is 25.5 Å². The van der Waals surface area contributed by atoms with Crippen LogP contribution < -0.4 is 4.74 Å². The van der Waals surface area contributed by atoms with Crippen molar-refractivity contribution in [3.63, 3.8) is 0 Å². The Kier molecular flexibility index (Phi) is 5.64. The van der Waals surface area contributed by atoms with Gasteiger partial charge in [0.05, 0.1) is 6.61 Å². The first-order valence-corrected chi connectivity index (χ1v) is 7.76. The summed E-state index contributed by atoms with van der Waals surface area (Å²) in [6.45, 7) is 4.05. The van der Waals surface area contributed by atoms with Crippen molar-refractivity contribution in [1.29, 1.82) is 0 Å². The topological polar surface area (TPSA) is 106 Å². The minimum atomic E-state index is -1.11. The van der Waals surface area contributed by atoms with Gasteiger partial charge in [-0.1, -0.05) is 13.0 Å². The molecule has 0 bridgehead atoms. The number of nitrogens with zero attached hydrogens (tertiary/aromatic N) is 2. The van der Waals surface area contributed by atoms with Gasteiger partial charge >= 0.3 is 5.97 Å². The number of carbonyl (C=O) groups is 1.